The van der Waals surface area contributed by atoms with E-state index in [0.29, 0.717) is 0 Å². The number of hydrogen-bond acceptors (Lipinski definition) is 1. The van der Waals surface area contributed by atoms with Crippen LogP contribution in [0.15, 0.2) is 57.7 Å². The summed E-state index contributed by atoms with van der Waals surface area (Å²) >= 11 is 7.05. The van der Waals surface area contributed by atoms with E-state index in [0.717, 1.165) is 25.8 Å². The van der Waals surface area contributed by atoms with Crippen molar-refractivity contribution in [2.45, 2.75) is 0 Å². The van der Waals surface area contributed by atoms with Crippen molar-refractivity contribution in [1.29, 1.82) is 0 Å². The molecule has 3 rings (SSSR count). The van der Waals surface area contributed by atoms with Gasteiger partial charge in [0.2, 0.25) is 0 Å². The van der Waals surface area contributed by atoms with E-state index >= 15 is 0 Å². The number of aromatic nitrogens is 2. The van der Waals surface area contributed by atoms with Crippen LogP contribution in [-0.4, -0.2) is 9.38 Å². The first kappa shape index (κ1) is 11.0. The summed E-state index contributed by atoms with van der Waals surface area (Å²) in [5, 5.41) is 0. The van der Waals surface area contributed by atoms with Crippen LogP contribution in [0.3, 0.4) is 0 Å². The van der Waals surface area contributed by atoms with Gasteiger partial charge < -0.3 is 4.40 Å². The van der Waals surface area contributed by atoms with Crippen molar-refractivity contribution in [1.82, 2.24) is 9.38 Å². The smallest absolute Gasteiger partial charge is 0.151 e. The highest BCUT2D eigenvalue weighted by molar-refractivity contribution is 9.11. The van der Waals surface area contributed by atoms with Crippen molar-refractivity contribution in [2.75, 3.05) is 0 Å². The van der Waals surface area contributed by atoms with E-state index in [2.05, 4.69) is 42.9 Å². The number of rotatable bonds is 1. The van der Waals surface area contributed by atoms with Gasteiger partial charge in [-0.15, -0.1) is 0 Å². The molecule has 0 unspecified atom stereocenters. The van der Waals surface area contributed by atoms with Gasteiger partial charge in [-0.3, -0.25) is 0 Å². The van der Waals surface area contributed by atoms with Crippen LogP contribution < -0.4 is 0 Å². The van der Waals surface area contributed by atoms with Crippen molar-refractivity contribution in [3.63, 3.8) is 0 Å². The number of nitrogens with zero attached hydrogens (tertiary/aromatic N) is 2. The van der Waals surface area contributed by atoms with E-state index in [1.807, 2.05) is 47.1 Å². The van der Waals surface area contributed by atoms with E-state index in [4.69, 9.17) is 0 Å². The first-order valence-corrected chi connectivity index (χ1v) is 6.72. The van der Waals surface area contributed by atoms with Gasteiger partial charge in [0.25, 0.3) is 0 Å². The summed E-state index contributed by atoms with van der Waals surface area (Å²) in [5.74, 6) is 0. The van der Waals surface area contributed by atoms with Gasteiger partial charge in [-0.1, -0.05) is 34.1 Å². The van der Waals surface area contributed by atoms with Gasteiger partial charge in [-0.2, -0.15) is 0 Å². The maximum absolute atomic E-state index is 4.63. The van der Waals surface area contributed by atoms with Gasteiger partial charge in [-0.05, 0) is 34.1 Å². The molecular formula is C13H8Br2N2. The van der Waals surface area contributed by atoms with Crippen LogP contribution in [0.2, 0.25) is 0 Å². The second kappa shape index (κ2) is 4.27. The van der Waals surface area contributed by atoms with Gasteiger partial charge in [0, 0.05) is 22.4 Å². The molecule has 0 aliphatic rings. The molecule has 0 aliphatic heterocycles. The summed E-state index contributed by atoms with van der Waals surface area (Å²) in [4.78, 5) is 4.63. The fourth-order valence-corrected chi connectivity index (χ4v) is 2.71. The number of benzene rings is 1. The van der Waals surface area contributed by atoms with Crippen molar-refractivity contribution in [3.05, 3.63) is 57.7 Å². The number of fused-ring (bicyclic) bond motifs is 1. The van der Waals surface area contributed by atoms with E-state index in [1.165, 1.54) is 0 Å². The molecule has 0 atom stereocenters. The Balaban J connectivity index is 2.26. The lowest BCUT2D eigenvalue weighted by atomic mass is 10.2. The largest absolute Gasteiger partial charge is 0.306 e. The second-order valence-corrected chi connectivity index (χ2v) is 5.40. The lowest BCUT2D eigenvalue weighted by Crippen LogP contribution is -1.80. The van der Waals surface area contributed by atoms with E-state index in [1.54, 1.807) is 0 Å². The summed E-state index contributed by atoms with van der Waals surface area (Å²) in [6.45, 7) is 0. The maximum Gasteiger partial charge on any atom is 0.151 e. The zero-order valence-electron chi connectivity index (χ0n) is 8.77. The zero-order chi connectivity index (χ0) is 11.8. The first-order valence-electron chi connectivity index (χ1n) is 5.14. The average Bonchev–Trinajstić information content (AvgIpc) is 2.75. The third kappa shape index (κ3) is 1.91. The Morgan fingerprint density at radius 2 is 1.71 bits per heavy atom. The van der Waals surface area contributed by atoms with Gasteiger partial charge in [0.1, 0.15) is 0 Å². The second-order valence-electron chi connectivity index (χ2n) is 3.69. The molecule has 84 valence electrons. The van der Waals surface area contributed by atoms with Gasteiger partial charge in [0.15, 0.2) is 5.65 Å². The van der Waals surface area contributed by atoms with E-state index in [9.17, 15) is 0 Å². The van der Waals surface area contributed by atoms with Crippen LogP contribution in [0.1, 0.15) is 0 Å². The van der Waals surface area contributed by atoms with Gasteiger partial charge >= 0.3 is 0 Å². The van der Waals surface area contributed by atoms with E-state index in [-0.39, 0.29) is 0 Å². The minimum atomic E-state index is 0.929. The van der Waals surface area contributed by atoms with Crippen LogP contribution >= 0.6 is 31.9 Å². The van der Waals surface area contributed by atoms with Crippen LogP contribution in [0.4, 0.5) is 0 Å². The molecule has 0 saturated carbocycles. The predicted octanol–water partition coefficient (Wildman–Crippen LogP) is 4.53. The third-order valence-electron chi connectivity index (χ3n) is 2.58. The summed E-state index contributed by atoms with van der Waals surface area (Å²) in [6, 6.07) is 12.1. The fourth-order valence-electron chi connectivity index (χ4n) is 1.78. The molecule has 2 nitrogen and oxygen atoms in total. The normalized spacial score (nSPS) is 10.9. The minimum Gasteiger partial charge on any atom is -0.306 e. The maximum atomic E-state index is 4.63. The molecule has 0 radical (unpaired) electrons. The number of halogens is 2. The predicted molar refractivity (Wildman–Crippen MR) is 76.0 cm³/mol. The number of pyridine rings is 1. The molecule has 0 fully saturated rings. The molecule has 0 aliphatic carbocycles. The SMILES string of the molecule is Brc1ccccc1-c1cn2cccc(Br)c2n1. The van der Waals surface area contributed by atoms with Crippen LogP contribution in [0.25, 0.3) is 16.9 Å². The summed E-state index contributed by atoms with van der Waals surface area (Å²) in [5.41, 5.74) is 2.99. The van der Waals surface area contributed by atoms with Crippen molar-refractivity contribution >= 4 is 37.5 Å². The standard InChI is InChI=1S/C13H8Br2N2/c14-10-5-2-1-4-9(10)12-8-17-7-3-6-11(15)13(17)16-12/h1-8H. The molecule has 1 aromatic carbocycles. The third-order valence-corrected chi connectivity index (χ3v) is 3.90. The Morgan fingerprint density at radius 1 is 0.941 bits per heavy atom. The highest BCUT2D eigenvalue weighted by atomic mass is 79.9. The van der Waals surface area contributed by atoms with E-state index < -0.39 is 0 Å². The molecule has 0 spiro atoms. The minimum absolute atomic E-state index is 0.929. The molecule has 4 heteroatoms. The molecule has 0 saturated heterocycles. The summed E-state index contributed by atoms with van der Waals surface area (Å²) in [6.07, 6.45) is 4.02. The quantitative estimate of drug-likeness (QED) is 0.629. The lowest BCUT2D eigenvalue weighted by molar-refractivity contribution is 1.18. The topological polar surface area (TPSA) is 17.3 Å². The molecule has 2 heterocycles. The highest BCUT2D eigenvalue weighted by Crippen LogP contribution is 2.28. The van der Waals surface area contributed by atoms with Crippen LogP contribution in [0.5, 0.6) is 0 Å². The van der Waals surface area contributed by atoms with Crippen LogP contribution in [0, 0.1) is 0 Å². The molecule has 17 heavy (non-hydrogen) atoms. The monoisotopic (exact) mass is 350 g/mol. The lowest BCUT2D eigenvalue weighted by Gasteiger charge is -1.98. The number of hydrogen-bond donors (Lipinski definition) is 0. The Labute approximate surface area is 116 Å². The molecule has 0 bridgehead atoms. The molecular weight excluding hydrogens is 344 g/mol. The van der Waals surface area contributed by atoms with Gasteiger partial charge in [0.05, 0.1) is 10.2 Å². The zero-order valence-corrected chi connectivity index (χ0v) is 11.9. The summed E-state index contributed by atoms with van der Waals surface area (Å²) in [7, 11) is 0. The number of imidazole rings is 1. The molecule has 2 aromatic heterocycles. The van der Waals surface area contributed by atoms with Crippen molar-refractivity contribution in [2.24, 2.45) is 0 Å². The molecule has 0 N–H and O–H groups in total. The highest BCUT2D eigenvalue weighted by Gasteiger charge is 2.08. The van der Waals surface area contributed by atoms with Crippen molar-refractivity contribution < 1.29 is 0 Å². The molecule has 0 amide bonds. The summed E-state index contributed by atoms with van der Waals surface area (Å²) < 4.78 is 4.07. The average molecular weight is 352 g/mol. The van der Waals surface area contributed by atoms with Crippen molar-refractivity contribution in [3.8, 4) is 11.3 Å². The Kier molecular flexibility index (Phi) is 2.76. The Hall–Kier alpha value is -1.13. The van der Waals surface area contributed by atoms with Gasteiger partial charge in [-0.25, -0.2) is 4.98 Å². The Morgan fingerprint density at radius 3 is 2.47 bits per heavy atom. The molecule has 3 aromatic rings. The fraction of sp³-hybridized carbons (Fsp3) is 0. The van der Waals surface area contributed by atoms with Crippen LogP contribution in [-0.2, 0) is 0 Å². The first-order chi connectivity index (χ1) is 8.25. The Bertz CT molecular complexity index is 689.